The van der Waals surface area contributed by atoms with Gasteiger partial charge in [0.05, 0.1) is 11.3 Å². The van der Waals surface area contributed by atoms with Crippen LogP contribution in [0.4, 0.5) is 18.9 Å². The van der Waals surface area contributed by atoms with E-state index in [-0.39, 0.29) is 11.9 Å². The molecule has 1 amide bonds. The summed E-state index contributed by atoms with van der Waals surface area (Å²) >= 11 is 0. The Morgan fingerprint density at radius 1 is 0.907 bits per heavy atom. The smallest absolute Gasteiger partial charge is 0.332 e. The zero-order valence-corrected chi connectivity index (χ0v) is 24.8. The number of hydrogen-bond donors (Lipinski definition) is 0. The molecule has 0 bridgehead atoms. The summed E-state index contributed by atoms with van der Waals surface area (Å²) in [6.45, 7) is 9.54. The van der Waals surface area contributed by atoms with E-state index in [9.17, 15) is 18.0 Å². The van der Waals surface area contributed by atoms with E-state index >= 15 is 0 Å². The van der Waals surface area contributed by atoms with Gasteiger partial charge in [-0.3, -0.25) is 19.6 Å². The van der Waals surface area contributed by atoms with Crippen LogP contribution < -0.4 is 0 Å². The quantitative estimate of drug-likeness (QED) is 0.346. The maximum atomic E-state index is 13.5. The lowest BCUT2D eigenvalue weighted by molar-refractivity contribution is -0.137. The first kappa shape index (κ1) is 29.5. The number of halogens is 3. The largest absolute Gasteiger partial charge is 0.416 e. The van der Waals surface area contributed by atoms with Crippen molar-refractivity contribution in [3.8, 4) is 0 Å². The molecule has 1 atom stereocenters. The van der Waals surface area contributed by atoms with E-state index in [1.165, 1.54) is 23.3 Å². The summed E-state index contributed by atoms with van der Waals surface area (Å²) in [7, 11) is 0. The highest BCUT2D eigenvalue weighted by Gasteiger charge is 2.33. The van der Waals surface area contributed by atoms with Gasteiger partial charge in [0, 0.05) is 57.1 Å². The Balaban J connectivity index is 1.00. The van der Waals surface area contributed by atoms with Crippen LogP contribution in [0.5, 0.6) is 0 Å². The fourth-order valence-electron chi connectivity index (χ4n) is 6.57. The van der Waals surface area contributed by atoms with Crippen LogP contribution in [0.2, 0.25) is 0 Å². The van der Waals surface area contributed by atoms with Gasteiger partial charge < -0.3 is 4.90 Å². The first-order valence-electron chi connectivity index (χ1n) is 15.2. The molecule has 0 unspecified atom stereocenters. The SMILES string of the molecule is Cc1ccc(CN2CCC(c3ccc4c(c3)CC(C(=O)N3CCN(Cc5ccc(C(F)(F)F)cc5)C[C@@H]3C)=N4)CC2)cn1. The number of aryl methyl sites for hydroxylation is 1. The summed E-state index contributed by atoms with van der Waals surface area (Å²) in [5.74, 6) is 0.494. The number of carbonyl (C=O) groups excluding carboxylic acids is 1. The Hall–Kier alpha value is -3.56. The number of pyridine rings is 1. The predicted octanol–water partition coefficient (Wildman–Crippen LogP) is 6.15. The highest BCUT2D eigenvalue weighted by atomic mass is 19.4. The minimum atomic E-state index is -4.33. The van der Waals surface area contributed by atoms with Gasteiger partial charge in [0.2, 0.25) is 0 Å². The summed E-state index contributed by atoms with van der Waals surface area (Å²) < 4.78 is 38.7. The maximum Gasteiger partial charge on any atom is 0.416 e. The molecule has 0 radical (unpaired) electrons. The van der Waals surface area contributed by atoms with Crippen molar-refractivity contribution >= 4 is 17.3 Å². The molecule has 0 N–H and O–H groups in total. The van der Waals surface area contributed by atoms with Crippen molar-refractivity contribution < 1.29 is 18.0 Å². The second kappa shape index (κ2) is 12.2. The average molecular weight is 590 g/mol. The molecule has 43 heavy (non-hydrogen) atoms. The Morgan fingerprint density at radius 3 is 2.30 bits per heavy atom. The normalized spacial score (nSPS) is 20.3. The zero-order chi connectivity index (χ0) is 30.1. The van der Waals surface area contributed by atoms with E-state index in [0.29, 0.717) is 44.2 Å². The van der Waals surface area contributed by atoms with Gasteiger partial charge in [0.1, 0.15) is 5.71 Å². The number of fused-ring (bicyclic) bond motifs is 1. The predicted molar refractivity (Wildman–Crippen MR) is 161 cm³/mol. The number of alkyl halides is 3. The number of aliphatic imine (C=N–C) groups is 1. The fourth-order valence-corrected chi connectivity index (χ4v) is 6.57. The second-order valence-corrected chi connectivity index (χ2v) is 12.3. The molecule has 226 valence electrons. The monoisotopic (exact) mass is 589 g/mol. The summed E-state index contributed by atoms with van der Waals surface area (Å²) in [5, 5.41) is 0. The highest BCUT2D eigenvalue weighted by Crippen LogP contribution is 2.35. The van der Waals surface area contributed by atoms with Crippen LogP contribution in [0.15, 0.2) is 65.8 Å². The minimum Gasteiger partial charge on any atom is -0.332 e. The molecule has 2 fully saturated rings. The summed E-state index contributed by atoms with van der Waals surface area (Å²) in [6.07, 6.45) is 0.421. The van der Waals surface area contributed by atoms with Crippen molar-refractivity contribution in [2.24, 2.45) is 4.99 Å². The van der Waals surface area contributed by atoms with E-state index < -0.39 is 11.7 Å². The number of aromatic nitrogens is 1. The summed E-state index contributed by atoms with van der Waals surface area (Å²) in [4.78, 5) is 29.3. The third kappa shape index (κ3) is 6.83. The van der Waals surface area contributed by atoms with E-state index in [1.54, 1.807) is 0 Å². The lowest BCUT2D eigenvalue weighted by Gasteiger charge is -2.40. The maximum absolute atomic E-state index is 13.5. The topological polar surface area (TPSA) is 52.0 Å². The van der Waals surface area contributed by atoms with Crippen molar-refractivity contribution in [1.29, 1.82) is 0 Å². The number of benzene rings is 2. The van der Waals surface area contributed by atoms with Gasteiger partial charge in [0.25, 0.3) is 5.91 Å². The van der Waals surface area contributed by atoms with Gasteiger partial charge in [0.15, 0.2) is 0 Å². The molecule has 2 aromatic carbocycles. The van der Waals surface area contributed by atoms with Crippen molar-refractivity contribution in [2.45, 2.75) is 64.3 Å². The molecule has 0 aliphatic carbocycles. The van der Waals surface area contributed by atoms with Crippen LogP contribution in [0.1, 0.15) is 59.2 Å². The van der Waals surface area contributed by atoms with Crippen LogP contribution in [-0.4, -0.2) is 70.1 Å². The number of amides is 1. The third-order valence-electron chi connectivity index (χ3n) is 9.06. The number of piperazine rings is 1. The minimum absolute atomic E-state index is 0.0152. The lowest BCUT2D eigenvalue weighted by Crippen LogP contribution is -2.55. The van der Waals surface area contributed by atoms with Crippen molar-refractivity contribution in [3.63, 3.8) is 0 Å². The number of piperidine rings is 1. The average Bonchev–Trinajstić information content (AvgIpc) is 3.42. The Labute approximate surface area is 251 Å². The van der Waals surface area contributed by atoms with E-state index in [4.69, 9.17) is 4.99 Å². The van der Waals surface area contributed by atoms with Gasteiger partial charge >= 0.3 is 6.18 Å². The second-order valence-electron chi connectivity index (χ2n) is 12.3. The molecule has 3 aliphatic rings. The number of nitrogens with zero attached hydrogens (tertiary/aromatic N) is 5. The number of hydrogen-bond acceptors (Lipinski definition) is 5. The standard InChI is InChI=1S/C34H38F3N5O/c1-23-3-4-26(19-38-23)22-40-13-11-27(12-14-40)28-7-10-31-29(17-28)18-32(39-31)33(43)42-16-15-41(20-24(42)2)21-25-5-8-30(9-6-25)34(35,36)37/h3-10,17,19,24,27H,11-16,18,20-22H2,1-2H3/t24-/m0/s1. The van der Waals surface area contributed by atoms with Gasteiger partial charge in [-0.15, -0.1) is 0 Å². The molecule has 0 spiro atoms. The van der Waals surface area contributed by atoms with Gasteiger partial charge in [-0.2, -0.15) is 13.2 Å². The first-order valence-corrected chi connectivity index (χ1v) is 15.2. The van der Waals surface area contributed by atoms with Crippen molar-refractivity contribution in [1.82, 2.24) is 19.7 Å². The van der Waals surface area contributed by atoms with Gasteiger partial charge in [-0.25, -0.2) is 4.99 Å². The molecule has 4 heterocycles. The molecule has 3 aliphatic heterocycles. The number of likely N-dealkylation sites (tertiary alicyclic amines) is 1. The number of rotatable bonds is 6. The Bertz CT molecular complexity index is 1480. The molecule has 0 saturated carbocycles. The molecule has 3 aromatic rings. The van der Waals surface area contributed by atoms with Gasteiger partial charge in [-0.1, -0.05) is 30.3 Å². The van der Waals surface area contributed by atoms with E-state index in [0.717, 1.165) is 67.1 Å². The number of carbonyl (C=O) groups is 1. The van der Waals surface area contributed by atoms with Crippen LogP contribution >= 0.6 is 0 Å². The first-order chi connectivity index (χ1) is 20.6. The molecule has 9 heteroatoms. The molecule has 6 rings (SSSR count). The highest BCUT2D eigenvalue weighted by molar-refractivity contribution is 6.40. The lowest BCUT2D eigenvalue weighted by atomic mass is 9.88. The Kier molecular flexibility index (Phi) is 8.38. The summed E-state index contributed by atoms with van der Waals surface area (Å²) in [6, 6.07) is 16.1. The van der Waals surface area contributed by atoms with E-state index in [2.05, 4.69) is 45.1 Å². The van der Waals surface area contributed by atoms with E-state index in [1.807, 2.05) is 24.9 Å². The van der Waals surface area contributed by atoms with Crippen LogP contribution in [0, 0.1) is 6.92 Å². The third-order valence-corrected chi connectivity index (χ3v) is 9.06. The summed E-state index contributed by atoms with van der Waals surface area (Å²) in [5.41, 5.74) is 6.45. The fraction of sp³-hybridized carbons (Fsp3) is 0.441. The van der Waals surface area contributed by atoms with Crippen LogP contribution in [-0.2, 0) is 30.5 Å². The molecule has 6 nitrogen and oxygen atoms in total. The molecule has 2 saturated heterocycles. The zero-order valence-electron chi connectivity index (χ0n) is 24.8. The van der Waals surface area contributed by atoms with Gasteiger partial charge in [-0.05, 0) is 92.2 Å². The van der Waals surface area contributed by atoms with Crippen molar-refractivity contribution in [3.05, 3.63) is 94.3 Å². The van der Waals surface area contributed by atoms with Crippen molar-refractivity contribution in [2.75, 3.05) is 32.7 Å². The molecular weight excluding hydrogens is 551 g/mol. The van der Waals surface area contributed by atoms with Crippen LogP contribution in [0.3, 0.4) is 0 Å². The molecular formula is C34H38F3N5O. The molecule has 1 aromatic heterocycles. The van der Waals surface area contributed by atoms with Crippen LogP contribution in [0.25, 0.3) is 0 Å². The Morgan fingerprint density at radius 2 is 1.63 bits per heavy atom.